The number of thiophene rings is 2. The Kier molecular flexibility index (Phi) is 7.82. The summed E-state index contributed by atoms with van der Waals surface area (Å²) in [5.74, 6) is -0.721. The molecule has 0 saturated heterocycles. The normalized spacial score (nSPS) is 11.3. The average molecular weight is 545 g/mol. The van der Waals surface area contributed by atoms with Crippen LogP contribution in [0.3, 0.4) is 0 Å². The quantitative estimate of drug-likeness (QED) is 0.197. The van der Waals surface area contributed by atoms with Crippen molar-refractivity contribution in [3.63, 3.8) is 0 Å². The molecular weight excluding hydrogens is 527 g/mol. The van der Waals surface area contributed by atoms with Crippen molar-refractivity contribution in [2.24, 2.45) is 5.10 Å². The fraction of sp³-hybridized carbons (Fsp3) is 0.0833. The topological polar surface area (TPSA) is 104 Å². The number of halogens is 2. The van der Waals surface area contributed by atoms with Crippen LogP contribution in [0.25, 0.3) is 10.4 Å². The van der Waals surface area contributed by atoms with Crippen molar-refractivity contribution < 1.29 is 14.7 Å². The summed E-state index contributed by atoms with van der Waals surface area (Å²) in [5, 5.41) is 20.1. The molecule has 0 aliphatic heterocycles. The van der Waals surface area contributed by atoms with Gasteiger partial charge in [-0.3, -0.25) is 14.6 Å². The van der Waals surface area contributed by atoms with Gasteiger partial charge in [0.05, 0.1) is 48.2 Å². The van der Waals surface area contributed by atoms with E-state index in [0.717, 1.165) is 22.6 Å². The molecule has 178 valence electrons. The Hall–Kier alpha value is -3.24. The van der Waals surface area contributed by atoms with Gasteiger partial charge in [0, 0.05) is 11.6 Å². The minimum atomic E-state index is -0.461. The molecule has 0 unspecified atom stereocenters. The molecule has 2 amide bonds. The van der Waals surface area contributed by atoms with Crippen LogP contribution in [-0.4, -0.2) is 27.6 Å². The van der Waals surface area contributed by atoms with Crippen LogP contribution in [0.4, 0.5) is 0 Å². The highest BCUT2D eigenvalue weighted by Gasteiger charge is 2.17. The molecule has 4 rings (SSSR count). The standard InChI is InChI=1S/C24H18Cl2N4O3S2/c1-13(16-12-34-22(21(16)31)14-5-6-17(25)18(26)10-14)29-30-24(33)20-8-7-19(35-20)23(32)28-11-15-4-2-3-9-27-15/h2-10,12,31H,11H2,1H3,(H,28,32)(H,30,33)/b29-13-. The molecule has 4 aromatic rings. The Morgan fingerprint density at radius 3 is 2.54 bits per heavy atom. The summed E-state index contributed by atoms with van der Waals surface area (Å²) in [5.41, 5.74) is 4.83. The van der Waals surface area contributed by atoms with Gasteiger partial charge in [-0.25, -0.2) is 5.43 Å². The molecule has 0 aliphatic rings. The van der Waals surface area contributed by atoms with Gasteiger partial charge < -0.3 is 10.4 Å². The second kappa shape index (κ2) is 11.0. The van der Waals surface area contributed by atoms with Crippen LogP contribution in [-0.2, 0) is 6.54 Å². The molecule has 3 N–H and O–H groups in total. The molecule has 0 fully saturated rings. The van der Waals surface area contributed by atoms with Gasteiger partial charge >= 0.3 is 0 Å². The largest absolute Gasteiger partial charge is 0.506 e. The van der Waals surface area contributed by atoms with Crippen molar-refractivity contribution in [3.05, 3.63) is 91.2 Å². The van der Waals surface area contributed by atoms with Gasteiger partial charge in [-0.05, 0) is 48.9 Å². The zero-order valence-corrected chi connectivity index (χ0v) is 21.4. The number of rotatable bonds is 7. The first kappa shape index (κ1) is 24.9. The van der Waals surface area contributed by atoms with Crippen LogP contribution >= 0.6 is 45.9 Å². The molecule has 0 radical (unpaired) electrons. The van der Waals surface area contributed by atoms with Crippen molar-refractivity contribution in [1.82, 2.24) is 15.7 Å². The van der Waals surface area contributed by atoms with Gasteiger partial charge in [-0.2, -0.15) is 5.10 Å². The lowest BCUT2D eigenvalue weighted by Crippen LogP contribution is -2.22. The number of nitrogens with zero attached hydrogens (tertiary/aromatic N) is 2. The monoisotopic (exact) mass is 544 g/mol. The number of pyridine rings is 1. The number of amides is 2. The summed E-state index contributed by atoms with van der Waals surface area (Å²) in [6, 6.07) is 13.7. The van der Waals surface area contributed by atoms with E-state index in [-0.39, 0.29) is 18.2 Å². The lowest BCUT2D eigenvalue weighted by molar-refractivity contribution is 0.0949. The van der Waals surface area contributed by atoms with Gasteiger partial charge in [0.15, 0.2) is 0 Å². The van der Waals surface area contributed by atoms with Crippen molar-refractivity contribution in [1.29, 1.82) is 0 Å². The Labute approximate surface area is 219 Å². The Bertz CT molecular complexity index is 1420. The Morgan fingerprint density at radius 1 is 1.06 bits per heavy atom. The highest BCUT2D eigenvalue weighted by molar-refractivity contribution is 7.16. The minimum Gasteiger partial charge on any atom is -0.506 e. The number of hydrazone groups is 1. The maximum absolute atomic E-state index is 12.5. The molecule has 1 aromatic carbocycles. The molecule has 0 aliphatic carbocycles. The van der Waals surface area contributed by atoms with E-state index in [2.05, 4.69) is 20.8 Å². The van der Waals surface area contributed by atoms with Gasteiger partial charge in [0.2, 0.25) is 0 Å². The second-order valence-corrected chi connectivity index (χ2v) is 10.0. The number of carbonyl (C=O) groups is 2. The lowest BCUT2D eigenvalue weighted by atomic mass is 10.1. The number of benzene rings is 1. The van der Waals surface area contributed by atoms with E-state index in [4.69, 9.17) is 23.2 Å². The van der Waals surface area contributed by atoms with E-state index in [0.29, 0.717) is 36.0 Å². The number of carbonyl (C=O) groups excluding carboxylic acids is 2. The molecule has 0 saturated carbocycles. The molecule has 3 aromatic heterocycles. The van der Waals surface area contributed by atoms with E-state index < -0.39 is 5.91 Å². The summed E-state index contributed by atoms with van der Waals surface area (Å²) in [6.45, 7) is 1.96. The average Bonchev–Trinajstić information content (AvgIpc) is 3.51. The van der Waals surface area contributed by atoms with E-state index in [1.54, 1.807) is 54.9 Å². The highest BCUT2D eigenvalue weighted by atomic mass is 35.5. The number of aromatic hydroxyl groups is 1. The van der Waals surface area contributed by atoms with Crippen LogP contribution in [0.2, 0.25) is 10.0 Å². The molecule has 0 spiro atoms. The van der Waals surface area contributed by atoms with Gasteiger partial charge in [0.1, 0.15) is 5.75 Å². The van der Waals surface area contributed by atoms with Gasteiger partial charge in [-0.1, -0.05) is 35.3 Å². The molecule has 0 atom stereocenters. The lowest BCUT2D eigenvalue weighted by Gasteiger charge is -2.04. The van der Waals surface area contributed by atoms with Crippen LogP contribution in [0.1, 0.15) is 37.5 Å². The number of hydrogen-bond donors (Lipinski definition) is 3. The number of nitrogens with one attached hydrogen (secondary N) is 2. The third-order valence-corrected chi connectivity index (χ3v) is 7.71. The van der Waals surface area contributed by atoms with Gasteiger partial charge in [-0.15, -0.1) is 22.7 Å². The van der Waals surface area contributed by atoms with Crippen LogP contribution in [0, 0.1) is 0 Å². The third-order valence-electron chi connectivity index (χ3n) is 4.87. The maximum atomic E-state index is 12.5. The second-order valence-electron chi connectivity index (χ2n) is 7.26. The van der Waals surface area contributed by atoms with Crippen molar-refractivity contribution in [3.8, 4) is 16.2 Å². The maximum Gasteiger partial charge on any atom is 0.281 e. The van der Waals surface area contributed by atoms with Crippen molar-refractivity contribution >= 4 is 63.4 Å². The molecule has 3 heterocycles. The first-order chi connectivity index (χ1) is 16.8. The smallest absolute Gasteiger partial charge is 0.281 e. The number of hydrogen-bond acceptors (Lipinski definition) is 7. The van der Waals surface area contributed by atoms with Crippen LogP contribution < -0.4 is 10.7 Å². The summed E-state index contributed by atoms with van der Waals surface area (Å²) in [6.07, 6.45) is 1.65. The summed E-state index contributed by atoms with van der Waals surface area (Å²) in [7, 11) is 0. The fourth-order valence-electron chi connectivity index (χ4n) is 3.04. The fourth-order valence-corrected chi connectivity index (χ4v) is 5.16. The predicted octanol–water partition coefficient (Wildman–Crippen LogP) is 5.97. The van der Waals surface area contributed by atoms with Crippen molar-refractivity contribution in [2.75, 3.05) is 0 Å². The molecule has 35 heavy (non-hydrogen) atoms. The Morgan fingerprint density at radius 2 is 1.83 bits per heavy atom. The Balaban J connectivity index is 1.40. The van der Waals surface area contributed by atoms with E-state index in [1.807, 2.05) is 12.1 Å². The van der Waals surface area contributed by atoms with Crippen molar-refractivity contribution in [2.45, 2.75) is 13.5 Å². The molecule has 11 heteroatoms. The number of aromatic nitrogens is 1. The van der Waals surface area contributed by atoms with Crippen LogP contribution in [0.15, 0.2) is 65.2 Å². The SMILES string of the molecule is C/C(=N/NC(=O)c1ccc(C(=O)NCc2ccccn2)s1)c1csc(-c2ccc(Cl)c(Cl)c2)c1O. The zero-order valence-electron chi connectivity index (χ0n) is 18.2. The first-order valence-corrected chi connectivity index (χ1v) is 12.7. The summed E-state index contributed by atoms with van der Waals surface area (Å²) < 4.78 is 0. The summed E-state index contributed by atoms with van der Waals surface area (Å²) in [4.78, 5) is 30.4. The molecular formula is C24H18Cl2N4O3S2. The predicted molar refractivity (Wildman–Crippen MR) is 141 cm³/mol. The van der Waals surface area contributed by atoms with E-state index >= 15 is 0 Å². The minimum absolute atomic E-state index is 0.0341. The third kappa shape index (κ3) is 5.88. The van der Waals surface area contributed by atoms with Gasteiger partial charge in [0.25, 0.3) is 11.8 Å². The molecule has 0 bridgehead atoms. The van der Waals surface area contributed by atoms with E-state index in [1.165, 1.54) is 11.3 Å². The molecule has 7 nitrogen and oxygen atoms in total. The van der Waals surface area contributed by atoms with E-state index in [9.17, 15) is 14.7 Å². The first-order valence-electron chi connectivity index (χ1n) is 10.2. The summed E-state index contributed by atoms with van der Waals surface area (Å²) >= 11 is 14.4. The highest BCUT2D eigenvalue weighted by Crippen LogP contribution is 2.40. The zero-order chi connectivity index (χ0) is 24.9. The van der Waals surface area contributed by atoms with Crippen LogP contribution in [0.5, 0.6) is 5.75 Å².